The number of hydrogen-bond donors (Lipinski definition) is 3. The van der Waals surface area contributed by atoms with Crippen LogP contribution in [0.25, 0.3) is 0 Å². The minimum atomic E-state index is -0.737. The van der Waals surface area contributed by atoms with Gasteiger partial charge in [0.15, 0.2) is 0 Å². The van der Waals surface area contributed by atoms with Crippen LogP contribution >= 0.6 is 0 Å². The van der Waals surface area contributed by atoms with Crippen molar-refractivity contribution in [2.75, 3.05) is 20.1 Å². The lowest BCUT2D eigenvalue weighted by molar-refractivity contribution is -0.137. The number of aliphatic carboxylic acids is 1. The van der Waals surface area contributed by atoms with Gasteiger partial charge in [0, 0.05) is 20.0 Å². The maximum atomic E-state index is 11.5. The zero-order valence-corrected chi connectivity index (χ0v) is 11.0. The third-order valence-corrected chi connectivity index (χ3v) is 2.65. The maximum absolute atomic E-state index is 11.5. The first kappa shape index (κ1) is 15.9. The number of carboxylic acid groups (broad SMARTS) is 1. The summed E-state index contributed by atoms with van der Waals surface area (Å²) in [6.07, 6.45) is 2.80. The Balaban J connectivity index is 3.51. The molecule has 0 aromatic rings. The molecule has 0 bridgehead atoms. The third kappa shape index (κ3) is 7.74. The molecule has 5 nitrogen and oxygen atoms in total. The molecule has 0 aliphatic carbocycles. The first-order chi connectivity index (χ1) is 7.90. The predicted octanol–water partition coefficient (Wildman–Crippen LogP) is 0.993. The van der Waals surface area contributed by atoms with E-state index in [1.165, 1.54) is 0 Å². The van der Waals surface area contributed by atoms with Crippen LogP contribution in [0.2, 0.25) is 0 Å². The number of carbonyl (C=O) groups is 2. The SMILES string of the molecule is CNC(=O)C(C)(C)CNCCCCCC(=O)O. The van der Waals surface area contributed by atoms with Crippen LogP contribution in [0, 0.1) is 5.41 Å². The van der Waals surface area contributed by atoms with Crippen LogP contribution in [0.1, 0.15) is 39.5 Å². The van der Waals surface area contributed by atoms with Crippen molar-refractivity contribution < 1.29 is 14.7 Å². The van der Waals surface area contributed by atoms with E-state index in [1.807, 2.05) is 13.8 Å². The van der Waals surface area contributed by atoms with Crippen LogP contribution in [-0.4, -0.2) is 37.1 Å². The van der Waals surface area contributed by atoms with Gasteiger partial charge in [0.1, 0.15) is 0 Å². The molecule has 5 heteroatoms. The van der Waals surface area contributed by atoms with E-state index in [0.717, 1.165) is 25.8 Å². The largest absolute Gasteiger partial charge is 0.481 e. The van der Waals surface area contributed by atoms with Gasteiger partial charge in [-0.2, -0.15) is 0 Å². The van der Waals surface area contributed by atoms with E-state index in [4.69, 9.17) is 5.11 Å². The van der Waals surface area contributed by atoms with E-state index in [-0.39, 0.29) is 12.3 Å². The summed E-state index contributed by atoms with van der Waals surface area (Å²) >= 11 is 0. The molecule has 0 saturated carbocycles. The fourth-order valence-corrected chi connectivity index (χ4v) is 1.52. The Morgan fingerprint density at radius 2 is 1.82 bits per heavy atom. The molecule has 0 atom stereocenters. The lowest BCUT2D eigenvalue weighted by Crippen LogP contribution is -2.42. The lowest BCUT2D eigenvalue weighted by atomic mass is 9.92. The van der Waals surface area contributed by atoms with Gasteiger partial charge in [-0.05, 0) is 33.2 Å². The van der Waals surface area contributed by atoms with E-state index < -0.39 is 11.4 Å². The van der Waals surface area contributed by atoms with Crippen LogP contribution in [0.4, 0.5) is 0 Å². The molecule has 17 heavy (non-hydrogen) atoms. The predicted molar refractivity (Wildman–Crippen MR) is 66.8 cm³/mol. The van der Waals surface area contributed by atoms with Crippen molar-refractivity contribution in [3.8, 4) is 0 Å². The van der Waals surface area contributed by atoms with Crippen LogP contribution in [-0.2, 0) is 9.59 Å². The molecule has 0 radical (unpaired) electrons. The second kappa shape index (κ2) is 8.06. The number of unbranched alkanes of at least 4 members (excludes halogenated alkanes) is 2. The molecule has 100 valence electrons. The second-order valence-electron chi connectivity index (χ2n) is 4.84. The Labute approximate surface area is 103 Å². The van der Waals surface area contributed by atoms with Gasteiger partial charge in [0.05, 0.1) is 5.41 Å². The summed E-state index contributed by atoms with van der Waals surface area (Å²) in [5.41, 5.74) is -0.407. The summed E-state index contributed by atoms with van der Waals surface area (Å²) in [6.45, 7) is 5.23. The topological polar surface area (TPSA) is 78.4 Å². The van der Waals surface area contributed by atoms with E-state index in [0.29, 0.717) is 6.54 Å². The third-order valence-electron chi connectivity index (χ3n) is 2.65. The average Bonchev–Trinajstić information content (AvgIpc) is 2.26. The Morgan fingerprint density at radius 3 is 2.35 bits per heavy atom. The number of carbonyl (C=O) groups excluding carboxylic acids is 1. The first-order valence-electron chi connectivity index (χ1n) is 6.05. The van der Waals surface area contributed by atoms with E-state index in [2.05, 4.69) is 10.6 Å². The van der Waals surface area contributed by atoms with Gasteiger partial charge in [0.2, 0.25) is 5.91 Å². The Bertz CT molecular complexity index is 252. The van der Waals surface area contributed by atoms with Crippen LogP contribution in [0.15, 0.2) is 0 Å². The number of nitrogens with one attached hydrogen (secondary N) is 2. The number of hydrogen-bond acceptors (Lipinski definition) is 3. The molecule has 0 heterocycles. The molecule has 0 aliphatic heterocycles. The minimum absolute atomic E-state index is 0.0240. The minimum Gasteiger partial charge on any atom is -0.481 e. The molecule has 0 aromatic heterocycles. The fraction of sp³-hybridized carbons (Fsp3) is 0.833. The van der Waals surface area contributed by atoms with Gasteiger partial charge in [-0.1, -0.05) is 6.42 Å². The van der Waals surface area contributed by atoms with Crippen LogP contribution in [0.3, 0.4) is 0 Å². The van der Waals surface area contributed by atoms with Gasteiger partial charge in [-0.3, -0.25) is 9.59 Å². The highest BCUT2D eigenvalue weighted by molar-refractivity contribution is 5.81. The smallest absolute Gasteiger partial charge is 0.303 e. The molecule has 0 spiro atoms. The van der Waals surface area contributed by atoms with Gasteiger partial charge >= 0.3 is 5.97 Å². The monoisotopic (exact) mass is 244 g/mol. The van der Waals surface area contributed by atoms with E-state index in [1.54, 1.807) is 7.05 Å². The molecule has 3 N–H and O–H groups in total. The zero-order chi connectivity index (χ0) is 13.3. The van der Waals surface area contributed by atoms with Crippen LogP contribution < -0.4 is 10.6 Å². The van der Waals surface area contributed by atoms with Gasteiger partial charge in [0.25, 0.3) is 0 Å². The quantitative estimate of drug-likeness (QED) is 0.529. The molecule has 1 amide bonds. The lowest BCUT2D eigenvalue weighted by Gasteiger charge is -2.22. The van der Waals surface area contributed by atoms with Gasteiger partial charge < -0.3 is 15.7 Å². The van der Waals surface area contributed by atoms with Crippen molar-refractivity contribution in [1.82, 2.24) is 10.6 Å². The molecule has 0 aliphatic rings. The van der Waals surface area contributed by atoms with Crippen molar-refractivity contribution in [2.45, 2.75) is 39.5 Å². The molecule has 0 rings (SSSR count). The number of rotatable bonds is 9. The van der Waals surface area contributed by atoms with Gasteiger partial charge in [-0.25, -0.2) is 0 Å². The van der Waals surface area contributed by atoms with Crippen molar-refractivity contribution in [3.05, 3.63) is 0 Å². The van der Waals surface area contributed by atoms with Crippen molar-refractivity contribution >= 4 is 11.9 Å². The highest BCUT2D eigenvalue weighted by Crippen LogP contribution is 2.13. The summed E-state index contributed by atoms with van der Waals surface area (Å²) in [6, 6.07) is 0. The first-order valence-corrected chi connectivity index (χ1v) is 6.05. The molecular weight excluding hydrogens is 220 g/mol. The molecule has 0 aromatic carbocycles. The molecule has 0 fully saturated rings. The van der Waals surface area contributed by atoms with E-state index in [9.17, 15) is 9.59 Å². The summed E-state index contributed by atoms with van der Waals surface area (Å²) in [4.78, 5) is 21.7. The molecule has 0 unspecified atom stereocenters. The number of amides is 1. The molecule has 0 saturated heterocycles. The fourth-order valence-electron chi connectivity index (χ4n) is 1.52. The zero-order valence-electron chi connectivity index (χ0n) is 11.0. The van der Waals surface area contributed by atoms with Crippen LogP contribution in [0.5, 0.6) is 0 Å². The summed E-state index contributed by atoms with van der Waals surface area (Å²) in [7, 11) is 1.63. The Kier molecular flexibility index (Phi) is 7.54. The second-order valence-corrected chi connectivity index (χ2v) is 4.84. The average molecular weight is 244 g/mol. The summed E-state index contributed by atoms with van der Waals surface area (Å²) in [5, 5.41) is 14.3. The van der Waals surface area contributed by atoms with Crippen molar-refractivity contribution in [1.29, 1.82) is 0 Å². The summed E-state index contributed by atoms with van der Waals surface area (Å²) in [5.74, 6) is -0.713. The summed E-state index contributed by atoms with van der Waals surface area (Å²) < 4.78 is 0. The van der Waals surface area contributed by atoms with Crippen molar-refractivity contribution in [2.24, 2.45) is 5.41 Å². The maximum Gasteiger partial charge on any atom is 0.303 e. The standard InChI is InChI=1S/C12H24N2O3/c1-12(2,11(17)13-3)9-14-8-6-4-5-7-10(15)16/h14H,4-9H2,1-3H3,(H,13,17)(H,15,16). The Morgan fingerprint density at radius 1 is 1.18 bits per heavy atom. The van der Waals surface area contributed by atoms with E-state index >= 15 is 0 Å². The normalized spacial score (nSPS) is 11.2. The highest BCUT2D eigenvalue weighted by atomic mass is 16.4. The number of carboxylic acids is 1. The highest BCUT2D eigenvalue weighted by Gasteiger charge is 2.25. The Hall–Kier alpha value is -1.10. The molecular formula is C12H24N2O3. The van der Waals surface area contributed by atoms with Crippen molar-refractivity contribution in [3.63, 3.8) is 0 Å². The van der Waals surface area contributed by atoms with Gasteiger partial charge in [-0.15, -0.1) is 0 Å².